The van der Waals surface area contributed by atoms with Gasteiger partial charge in [-0.15, -0.1) is 0 Å². The van der Waals surface area contributed by atoms with E-state index >= 15 is 0 Å². The summed E-state index contributed by atoms with van der Waals surface area (Å²) >= 11 is 0. The number of carbonyl (C=O) groups excluding carboxylic acids is 2. The molecule has 4 nitrogen and oxygen atoms in total. The van der Waals surface area contributed by atoms with Gasteiger partial charge in [0.25, 0.3) is 11.7 Å². The second kappa shape index (κ2) is 7.22. The van der Waals surface area contributed by atoms with Gasteiger partial charge in [0.05, 0.1) is 5.56 Å². The Bertz CT molecular complexity index is 743. The first-order valence-electron chi connectivity index (χ1n) is 7.79. The van der Waals surface area contributed by atoms with Crippen LogP contribution in [0.5, 0.6) is 0 Å². The van der Waals surface area contributed by atoms with E-state index in [-0.39, 0.29) is 5.56 Å². The van der Waals surface area contributed by atoms with Crippen molar-refractivity contribution in [2.45, 2.75) is 26.7 Å². The highest BCUT2D eigenvalue weighted by Gasteiger charge is 2.24. The monoisotopic (exact) mass is 316 g/mol. The smallest absolute Gasteiger partial charge is 0.295 e. The van der Waals surface area contributed by atoms with Crippen LogP contribution in [0.1, 0.15) is 42.6 Å². The minimum Gasteiger partial charge on any atom is -0.360 e. The highest BCUT2D eigenvalue weighted by molar-refractivity contribution is 6.44. The third-order valence-electron chi connectivity index (χ3n) is 3.71. The van der Waals surface area contributed by atoms with Crippen molar-refractivity contribution < 1.29 is 14.0 Å². The molecule has 1 N–H and O–H groups in total. The van der Waals surface area contributed by atoms with Gasteiger partial charge >= 0.3 is 0 Å². The van der Waals surface area contributed by atoms with Gasteiger partial charge in [-0.3, -0.25) is 9.59 Å². The quantitative estimate of drug-likeness (QED) is 0.621. The van der Waals surface area contributed by atoms with Crippen molar-refractivity contribution in [3.8, 4) is 0 Å². The number of aromatic amines is 1. The third kappa shape index (κ3) is 3.50. The number of rotatable bonds is 7. The molecule has 2 aromatic rings. The number of nitrogens with one attached hydrogen (secondary N) is 1. The Labute approximate surface area is 135 Å². The molecule has 2 rings (SSSR count). The van der Waals surface area contributed by atoms with E-state index in [1.165, 1.54) is 6.20 Å². The first kappa shape index (κ1) is 16.9. The molecule has 0 saturated carbocycles. The molecule has 0 aliphatic carbocycles. The average Bonchev–Trinajstić information content (AvgIpc) is 2.96. The van der Waals surface area contributed by atoms with Crippen LogP contribution in [0.3, 0.4) is 0 Å². The Hall–Kier alpha value is -2.43. The van der Waals surface area contributed by atoms with Crippen LogP contribution in [0.25, 0.3) is 16.7 Å². The zero-order valence-corrected chi connectivity index (χ0v) is 13.5. The van der Waals surface area contributed by atoms with Crippen LogP contribution in [0.2, 0.25) is 0 Å². The summed E-state index contributed by atoms with van der Waals surface area (Å²) in [6, 6.07) is 4.79. The van der Waals surface area contributed by atoms with E-state index in [0.717, 1.165) is 12.8 Å². The van der Waals surface area contributed by atoms with Crippen LogP contribution in [0.15, 0.2) is 31.0 Å². The third-order valence-corrected chi connectivity index (χ3v) is 3.71. The van der Waals surface area contributed by atoms with Gasteiger partial charge in [-0.25, -0.2) is 4.39 Å². The van der Waals surface area contributed by atoms with Crippen LogP contribution in [0.4, 0.5) is 4.39 Å². The number of amides is 1. The van der Waals surface area contributed by atoms with E-state index in [4.69, 9.17) is 0 Å². The van der Waals surface area contributed by atoms with Gasteiger partial charge in [-0.1, -0.05) is 20.4 Å². The van der Waals surface area contributed by atoms with Crippen LogP contribution in [-0.2, 0) is 4.79 Å². The molecule has 1 amide bonds. The molecule has 5 heteroatoms. The lowest BCUT2D eigenvalue weighted by atomic mass is 10.1. The van der Waals surface area contributed by atoms with Crippen molar-refractivity contribution in [2.75, 3.05) is 13.1 Å². The fraction of sp³-hybridized carbons (Fsp3) is 0.333. The summed E-state index contributed by atoms with van der Waals surface area (Å²) in [5.41, 5.74) is 1.26. The molecule has 0 fully saturated rings. The standard InChI is InChI=1S/C18H21FN2O2/c1-4-8-21(9-5-2)18(23)17(22)15-11-20-16-7-6-13(12(3)19)10-14(15)16/h6-7,10-11,20H,3-5,8-9H2,1-2H3. The molecule has 0 atom stereocenters. The minimum absolute atomic E-state index is 0.269. The Kier molecular flexibility index (Phi) is 5.32. The molecule has 23 heavy (non-hydrogen) atoms. The maximum Gasteiger partial charge on any atom is 0.295 e. The number of fused-ring (bicyclic) bond motifs is 1. The maximum atomic E-state index is 13.3. The fourth-order valence-electron chi connectivity index (χ4n) is 2.59. The summed E-state index contributed by atoms with van der Waals surface area (Å²) in [4.78, 5) is 29.5. The van der Waals surface area contributed by atoms with Crippen LogP contribution >= 0.6 is 0 Å². The molecule has 122 valence electrons. The van der Waals surface area contributed by atoms with E-state index in [0.29, 0.717) is 29.6 Å². The number of hydrogen-bond acceptors (Lipinski definition) is 2. The van der Waals surface area contributed by atoms with Gasteiger partial charge in [0.2, 0.25) is 0 Å². The maximum absolute atomic E-state index is 13.3. The highest BCUT2D eigenvalue weighted by atomic mass is 19.1. The number of ketones is 1. The number of Topliss-reactive ketones (excluding diaryl/α,β-unsaturated/α-hetero) is 1. The molecule has 0 aliphatic rings. The van der Waals surface area contributed by atoms with Gasteiger partial charge < -0.3 is 9.88 Å². The Morgan fingerprint density at radius 3 is 2.43 bits per heavy atom. The van der Waals surface area contributed by atoms with Crippen LogP contribution < -0.4 is 0 Å². The summed E-state index contributed by atoms with van der Waals surface area (Å²) in [7, 11) is 0. The summed E-state index contributed by atoms with van der Waals surface area (Å²) in [5, 5.41) is 0.535. The predicted octanol–water partition coefficient (Wildman–Crippen LogP) is 3.94. The molecule has 1 heterocycles. The van der Waals surface area contributed by atoms with Crippen molar-refractivity contribution in [3.05, 3.63) is 42.1 Å². The largest absolute Gasteiger partial charge is 0.360 e. The second-order valence-corrected chi connectivity index (χ2v) is 5.49. The molecule has 0 saturated heterocycles. The Morgan fingerprint density at radius 1 is 1.22 bits per heavy atom. The van der Waals surface area contributed by atoms with Crippen molar-refractivity contribution in [3.63, 3.8) is 0 Å². The number of hydrogen-bond donors (Lipinski definition) is 1. The van der Waals surface area contributed by atoms with Gasteiger partial charge in [0.15, 0.2) is 0 Å². The van der Waals surface area contributed by atoms with Gasteiger partial charge in [0.1, 0.15) is 5.83 Å². The molecule has 0 radical (unpaired) electrons. The van der Waals surface area contributed by atoms with Crippen LogP contribution in [0, 0.1) is 0 Å². The molecule has 0 bridgehead atoms. The summed E-state index contributed by atoms with van der Waals surface area (Å²) in [6.45, 7) is 8.29. The number of nitrogens with zero attached hydrogens (tertiary/aromatic N) is 1. The zero-order chi connectivity index (χ0) is 17.0. The predicted molar refractivity (Wildman–Crippen MR) is 89.9 cm³/mol. The highest BCUT2D eigenvalue weighted by Crippen LogP contribution is 2.24. The lowest BCUT2D eigenvalue weighted by Crippen LogP contribution is -2.37. The number of aromatic nitrogens is 1. The summed E-state index contributed by atoms with van der Waals surface area (Å²) < 4.78 is 13.3. The van der Waals surface area contributed by atoms with Crippen molar-refractivity contribution >= 4 is 28.4 Å². The summed E-state index contributed by atoms with van der Waals surface area (Å²) in [6.07, 6.45) is 3.09. The normalized spacial score (nSPS) is 10.7. The van der Waals surface area contributed by atoms with E-state index in [1.54, 1.807) is 23.1 Å². The fourth-order valence-corrected chi connectivity index (χ4v) is 2.59. The molecule has 1 aromatic heterocycles. The number of halogens is 1. The molecular formula is C18H21FN2O2. The van der Waals surface area contributed by atoms with Crippen molar-refractivity contribution in [2.24, 2.45) is 0 Å². The van der Waals surface area contributed by atoms with Crippen molar-refractivity contribution in [1.29, 1.82) is 0 Å². The minimum atomic E-state index is -0.573. The van der Waals surface area contributed by atoms with Gasteiger partial charge in [0, 0.05) is 35.8 Å². The topological polar surface area (TPSA) is 53.2 Å². The average molecular weight is 316 g/mol. The van der Waals surface area contributed by atoms with E-state index < -0.39 is 17.5 Å². The number of H-pyrrole nitrogens is 1. The summed E-state index contributed by atoms with van der Waals surface area (Å²) in [5.74, 6) is -1.66. The molecule has 0 aliphatic heterocycles. The van der Waals surface area contributed by atoms with E-state index in [2.05, 4.69) is 11.6 Å². The zero-order valence-electron chi connectivity index (χ0n) is 13.5. The second-order valence-electron chi connectivity index (χ2n) is 5.49. The molecular weight excluding hydrogens is 295 g/mol. The van der Waals surface area contributed by atoms with Crippen molar-refractivity contribution in [1.82, 2.24) is 9.88 Å². The van der Waals surface area contributed by atoms with E-state index in [9.17, 15) is 14.0 Å². The molecule has 0 spiro atoms. The van der Waals surface area contributed by atoms with Gasteiger partial charge in [-0.2, -0.15) is 0 Å². The first-order valence-corrected chi connectivity index (χ1v) is 7.79. The Morgan fingerprint density at radius 2 is 1.87 bits per heavy atom. The van der Waals surface area contributed by atoms with E-state index in [1.807, 2.05) is 13.8 Å². The molecule has 1 aromatic carbocycles. The lowest BCUT2D eigenvalue weighted by molar-refractivity contribution is -0.126. The van der Waals surface area contributed by atoms with Gasteiger partial charge in [-0.05, 0) is 31.0 Å². The van der Waals surface area contributed by atoms with Crippen LogP contribution in [-0.4, -0.2) is 34.7 Å². The number of benzene rings is 1. The Balaban J connectivity index is 2.38. The molecule has 0 unspecified atom stereocenters. The SMILES string of the molecule is C=C(F)c1ccc2[nH]cc(C(=O)C(=O)N(CCC)CCC)c2c1. The number of carbonyl (C=O) groups is 2. The first-order chi connectivity index (χ1) is 11.0. The lowest BCUT2D eigenvalue weighted by Gasteiger charge is -2.20.